The third kappa shape index (κ3) is 1.02. The minimum absolute atomic E-state index is 0.185. The Bertz CT molecular complexity index is 587. The summed E-state index contributed by atoms with van der Waals surface area (Å²) >= 11 is 0. The molecular weight excluding hydrogens is 222 g/mol. The summed E-state index contributed by atoms with van der Waals surface area (Å²) in [5.74, 6) is 0.907. The van der Waals surface area contributed by atoms with Crippen LogP contribution in [0.5, 0.6) is 0 Å². The van der Waals surface area contributed by atoms with Crippen molar-refractivity contribution in [2.24, 2.45) is 5.92 Å². The first-order valence-electron chi connectivity index (χ1n) is 6.77. The summed E-state index contributed by atoms with van der Waals surface area (Å²) in [6, 6.07) is 8.66. The summed E-state index contributed by atoms with van der Waals surface area (Å²) in [7, 11) is 0. The third-order valence-corrected chi connectivity index (χ3v) is 4.85. The SMILES string of the molecule is CC(C)N1C[C@H]2C[C@@]23C1=CC(=O)c1ccccc13. The molecule has 2 fully saturated rings. The van der Waals surface area contributed by atoms with Gasteiger partial charge in [0, 0.05) is 35.3 Å². The molecule has 0 aromatic heterocycles. The van der Waals surface area contributed by atoms with Crippen LogP contribution in [0.2, 0.25) is 0 Å². The van der Waals surface area contributed by atoms with Crippen LogP contribution in [0.4, 0.5) is 0 Å². The van der Waals surface area contributed by atoms with Gasteiger partial charge in [0.2, 0.25) is 0 Å². The van der Waals surface area contributed by atoms with Gasteiger partial charge in [-0.25, -0.2) is 0 Å². The van der Waals surface area contributed by atoms with Gasteiger partial charge in [-0.15, -0.1) is 0 Å². The minimum atomic E-state index is 0.185. The molecule has 2 aliphatic carbocycles. The number of nitrogens with zero attached hydrogens (tertiary/aromatic N) is 1. The number of hydrogen-bond donors (Lipinski definition) is 0. The molecular formula is C16H17NO. The van der Waals surface area contributed by atoms with Crippen molar-refractivity contribution in [1.82, 2.24) is 4.90 Å². The monoisotopic (exact) mass is 239 g/mol. The highest BCUT2D eigenvalue weighted by atomic mass is 16.1. The van der Waals surface area contributed by atoms with Crippen molar-refractivity contribution in [3.63, 3.8) is 0 Å². The van der Waals surface area contributed by atoms with Crippen LogP contribution in [0.15, 0.2) is 36.0 Å². The Labute approximate surface area is 107 Å². The number of fused-ring (bicyclic) bond motifs is 1. The maximum atomic E-state index is 12.3. The summed E-state index contributed by atoms with van der Waals surface area (Å²) in [4.78, 5) is 14.7. The number of ketones is 1. The lowest BCUT2D eigenvalue weighted by Crippen LogP contribution is -2.33. The van der Waals surface area contributed by atoms with Gasteiger partial charge in [0.05, 0.1) is 0 Å². The average molecular weight is 239 g/mol. The molecule has 1 saturated carbocycles. The fourth-order valence-corrected chi connectivity index (χ4v) is 3.91. The van der Waals surface area contributed by atoms with Gasteiger partial charge in [0.15, 0.2) is 5.78 Å². The predicted molar refractivity (Wildman–Crippen MR) is 70.5 cm³/mol. The molecule has 2 nitrogen and oxygen atoms in total. The number of carbonyl (C=O) groups excluding carboxylic acids is 1. The molecule has 1 aromatic carbocycles. The molecule has 18 heavy (non-hydrogen) atoms. The van der Waals surface area contributed by atoms with Crippen molar-refractivity contribution in [2.45, 2.75) is 31.7 Å². The standard InChI is InChI=1S/C16H17NO/c1-10(2)17-9-11-8-16(11)13-6-4-3-5-12(13)14(18)7-15(16)17/h3-7,10-11H,8-9H2,1-2H3/t11-,16-/m1/s1. The van der Waals surface area contributed by atoms with E-state index in [1.54, 1.807) is 0 Å². The van der Waals surface area contributed by atoms with Gasteiger partial charge in [0.25, 0.3) is 0 Å². The second-order valence-corrected chi connectivity index (χ2v) is 6.06. The van der Waals surface area contributed by atoms with E-state index < -0.39 is 0 Å². The molecule has 0 bridgehead atoms. The normalized spacial score (nSPS) is 31.9. The lowest BCUT2D eigenvalue weighted by Gasteiger charge is -2.33. The van der Waals surface area contributed by atoms with Gasteiger partial charge < -0.3 is 4.90 Å². The Balaban J connectivity index is 1.92. The fraction of sp³-hybridized carbons (Fsp3) is 0.438. The minimum Gasteiger partial charge on any atom is -0.371 e. The van der Waals surface area contributed by atoms with Gasteiger partial charge in [-0.2, -0.15) is 0 Å². The van der Waals surface area contributed by atoms with Crippen molar-refractivity contribution in [1.29, 1.82) is 0 Å². The number of carbonyl (C=O) groups is 1. The number of hydrogen-bond acceptors (Lipinski definition) is 2. The molecule has 1 spiro atoms. The molecule has 0 N–H and O–H groups in total. The molecule has 0 amide bonds. The zero-order valence-electron chi connectivity index (χ0n) is 10.8. The average Bonchev–Trinajstić information content (AvgIpc) is 2.99. The summed E-state index contributed by atoms with van der Waals surface area (Å²) in [6.07, 6.45) is 3.13. The maximum Gasteiger partial charge on any atom is 0.187 e. The van der Waals surface area contributed by atoms with E-state index in [2.05, 4.69) is 30.9 Å². The van der Waals surface area contributed by atoms with Crippen LogP contribution >= 0.6 is 0 Å². The van der Waals surface area contributed by atoms with Crippen LogP contribution in [0, 0.1) is 5.92 Å². The molecule has 2 atom stereocenters. The number of piperidine rings is 1. The largest absolute Gasteiger partial charge is 0.371 e. The van der Waals surface area contributed by atoms with E-state index in [0.29, 0.717) is 6.04 Å². The quantitative estimate of drug-likeness (QED) is 0.751. The van der Waals surface area contributed by atoms with Crippen molar-refractivity contribution in [2.75, 3.05) is 6.54 Å². The Morgan fingerprint density at radius 2 is 2.11 bits per heavy atom. The van der Waals surface area contributed by atoms with Crippen molar-refractivity contribution in [3.05, 3.63) is 47.2 Å². The predicted octanol–water partition coefficient (Wildman–Crippen LogP) is 2.75. The lowest BCUT2D eigenvalue weighted by molar-refractivity contribution is 0.103. The molecule has 1 aliphatic heterocycles. The molecule has 4 rings (SSSR count). The van der Waals surface area contributed by atoms with Gasteiger partial charge >= 0.3 is 0 Å². The second-order valence-electron chi connectivity index (χ2n) is 6.06. The van der Waals surface area contributed by atoms with Crippen molar-refractivity contribution < 1.29 is 4.79 Å². The van der Waals surface area contributed by atoms with E-state index >= 15 is 0 Å². The Kier molecular flexibility index (Phi) is 1.76. The highest BCUT2D eigenvalue weighted by Crippen LogP contribution is 2.66. The topological polar surface area (TPSA) is 20.3 Å². The Morgan fingerprint density at radius 3 is 2.89 bits per heavy atom. The first-order chi connectivity index (χ1) is 8.64. The molecule has 1 aromatic rings. The van der Waals surface area contributed by atoms with Crippen LogP contribution in [-0.4, -0.2) is 23.3 Å². The van der Waals surface area contributed by atoms with E-state index in [0.717, 1.165) is 18.0 Å². The molecule has 3 aliphatic rings. The molecule has 2 heteroatoms. The van der Waals surface area contributed by atoms with Crippen LogP contribution < -0.4 is 0 Å². The van der Waals surface area contributed by atoms with Crippen LogP contribution in [0.25, 0.3) is 0 Å². The summed E-state index contributed by atoms with van der Waals surface area (Å²) in [5, 5.41) is 0. The highest BCUT2D eigenvalue weighted by Gasteiger charge is 2.66. The maximum absolute atomic E-state index is 12.3. The van der Waals surface area contributed by atoms with Gasteiger partial charge in [-0.05, 0) is 31.7 Å². The van der Waals surface area contributed by atoms with Crippen LogP contribution in [0.3, 0.4) is 0 Å². The molecule has 1 heterocycles. The summed E-state index contributed by atoms with van der Waals surface area (Å²) in [5.41, 5.74) is 3.68. The van der Waals surface area contributed by atoms with Gasteiger partial charge in [-0.3, -0.25) is 4.79 Å². The molecule has 92 valence electrons. The number of allylic oxidation sites excluding steroid dienone is 2. The van der Waals surface area contributed by atoms with E-state index in [1.807, 2.05) is 18.2 Å². The Morgan fingerprint density at radius 1 is 1.33 bits per heavy atom. The first-order valence-corrected chi connectivity index (χ1v) is 6.77. The lowest BCUT2D eigenvalue weighted by atomic mass is 9.81. The van der Waals surface area contributed by atoms with E-state index in [-0.39, 0.29) is 11.2 Å². The zero-order chi connectivity index (χ0) is 12.5. The second kappa shape index (κ2) is 3.05. The fourth-order valence-electron chi connectivity index (χ4n) is 3.91. The highest BCUT2D eigenvalue weighted by molar-refractivity contribution is 6.08. The third-order valence-electron chi connectivity index (χ3n) is 4.85. The van der Waals surface area contributed by atoms with E-state index in [9.17, 15) is 4.79 Å². The number of rotatable bonds is 1. The van der Waals surface area contributed by atoms with Gasteiger partial charge in [-0.1, -0.05) is 24.3 Å². The Hall–Kier alpha value is -1.57. The van der Waals surface area contributed by atoms with Crippen molar-refractivity contribution >= 4 is 5.78 Å². The molecule has 1 saturated heterocycles. The van der Waals surface area contributed by atoms with E-state index in [4.69, 9.17) is 0 Å². The number of likely N-dealkylation sites (tertiary alicyclic amines) is 1. The number of benzene rings is 1. The van der Waals surface area contributed by atoms with Crippen LogP contribution in [0.1, 0.15) is 36.2 Å². The van der Waals surface area contributed by atoms with E-state index in [1.165, 1.54) is 17.7 Å². The summed E-state index contributed by atoms with van der Waals surface area (Å²) in [6.45, 7) is 5.54. The van der Waals surface area contributed by atoms with Crippen LogP contribution in [-0.2, 0) is 5.41 Å². The first kappa shape index (κ1) is 10.4. The molecule has 0 radical (unpaired) electrons. The van der Waals surface area contributed by atoms with Gasteiger partial charge in [0.1, 0.15) is 0 Å². The van der Waals surface area contributed by atoms with Crippen molar-refractivity contribution in [3.8, 4) is 0 Å². The summed E-state index contributed by atoms with van der Waals surface area (Å²) < 4.78 is 0. The smallest absolute Gasteiger partial charge is 0.187 e. The molecule has 0 unspecified atom stereocenters. The zero-order valence-corrected chi connectivity index (χ0v) is 10.8.